The lowest BCUT2D eigenvalue weighted by atomic mass is 10.1. The maximum Gasteiger partial charge on any atom is 0.416 e. The molecule has 0 heterocycles. The molecule has 0 fully saturated rings. The van der Waals surface area contributed by atoms with Crippen LogP contribution in [0.2, 0.25) is 0 Å². The fraction of sp³-hybridized carbons (Fsp3) is 0.278. The number of hydrogen-bond donors (Lipinski definition) is 1. The van der Waals surface area contributed by atoms with Gasteiger partial charge in [0, 0.05) is 13.6 Å². The van der Waals surface area contributed by atoms with E-state index in [-0.39, 0.29) is 6.03 Å². The molecule has 0 radical (unpaired) electrons. The van der Waals surface area contributed by atoms with Crippen molar-refractivity contribution >= 4 is 6.03 Å². The summed E-state index contributed by atoms with van der Waals surface area (Å²) in [5, 5.41) is 2.71. The minimum absolute atomic E-state index is 0.344. The molecule has 2 aromatic rings. The number of urea groups is 1. The summed E-state index contributed by atoms with van der Waals surface area (Å²) in [6, 6.07) is 13.6. The maximum absolute atomic E-state index is 12.8. The van der Waals surface area contributed by atoms with Crippen LogP contribution in [-0.2, 0) is 12.7 Å². The molecule has 3 nitrogen and oxygen atoms in total. The van der Waals surface area contributed by atoms with E-state index in [4.69, 9.17) is 0 Å². The van der Waals surface area contributed by atoms with Crippen molar-refractivity contribution < 1.29 is 18.0 Å². The third-order valence-electron chi connectivity index (χ3n) is 3.66. The fourth-order valence-corrected chi connectivity index (χ4v) is 2.29. The van der Waals surface area contributed by atoms with Crippen molar-refractivity contribution in [3.8, 4) is 0 Å². The zero-order chi connectivity index (χ0) is 17.7. The Morgan fingerprint density at radius 2 is 1.79 bits per heavy atom. The van der Waals surface area contributed by atoms with Gasteiger partial charge in [0.25, 0.3) is 0 Å². The summed E-state index contributed by atoms with van der Waals surface area (Å²) in [5.41, 5.74) is 0.659. The van der Waals surface area contributed by atoms with Crippen LogP contribution < -0.4 is 5.32 Å². The third-order valence-corrected chi connectivity index (χ3v) is 3.66. The summed E-state index contributed by atoms with van der Waals surface area (Å²) < 4.78 is 38.3. The van der Waals surface area contributed by atoms with Crippen LogP contribution in [0.5, 0.6) is 0 Å². The molecule has 1 N–H and O–H groups in total. The van der Waals surface area contributed by atoms with Gasteiger partial charge < -0.3 is 10.2 Å². The lowest BCUT2D eigenvalue weighted by Crippen LogP contribution is -2.38. The molecule has 2 rings (SSSR count). The highest BCUT2D eigenvalue weighted by Crippen LogP contribution is 2.30. The zero-order valence-electron chi connectivity index (χ0n) is 13.5. The predicted octanol–water partition coefficient (Wildman–Crippen LogP) is 4.61. The second-order valence-corrected chi connectivity index (χ2v) is 5.64. The van der Waals surface area contributed by atoms with E-state index in [0.29, 0.717) is 12.1 Å². The first-order valence-electron chi connectivity index (χ1n) is 7.50. The van der Waals surface area contributed by atoms with Crippen molar-refractivity contribution in [1.82, 2.24) is 10.2 Å². The summed E-state index contributed by atoms with van der Waals surface area (Å²) in [6.07, 6.45) is -4.40. The van der Waals surface area contributed by atoms with E-state index >= 15 is 0 Å². The Hall–Kier alpha value is -2.50. The quantitative estimate of drug-likeness (QED) is 0.869. The van der Waals surface area contributed by atoms with Crippen LogP contribution in [0.1, 0.15) is 29.7 Å². The van der Waals surface area contributed by atoms with Crippen LogP contribution in [0.3, 0.4) is 0 Å². The average Bonchev–Trinajstić information content (AvgIpc) is 2.55. The Kier molecular flexibility index (Phi) is 5.49. The molecule has 0 unspecified atom stereocenters. The highest BCUT2D eigenvalue weighted by molar-refractivity contribution is 5.74. The van der Waals surface area contributed by atoms with Gasteiger partial charge in [-0.1, -0.05) is 42.5 Å². The number of carbonyl (C=O) groups is 1. The van der Waals surface area contributed by atoms with E-state index in [2.05, 4.69) is 5.32 Å². The number of carbonyl (C=O) groups excluding carboxylic acids is 1. The van der Waals surface area contributed by atoms with E-state index in [9.17, 15) is 18.0 Å². The molecule has 6 heteroatoms. The van der Waals surface area contributed by atoms with Crippen LogP contribution in [0, 0.1) is 0 Å². The van der Waals surface area contributed by atoms with Gasteiger partial charge in [-0.15, -0.1) is 0 Å². The summed E-state index contributed by atoms with van der Waals surface area (Å²) in [6.45, 7) is 2.08. The van der Waals surface area contributed by atoms with Crippen LogP contribution in [0.4, 0.5) is 18.0 Å². The van der Waals surface area contributed by atoms with Gasteiger partial charge in [0.2, 0.25) is 0 Å². The minimum Gasteiger partial charge on any atom is -0.331 e. The molecule has 2 aromatic carbocycles. The van der Waals surface area contributed by atoms with Crippen molar-refractivity contribution in [3.05, 3.63) is 71.3 Å². The molecule has 0 aromatic heterocycles. The third kappa shape index (κ3) is 4.75. The monoisotopic (exact) mass is 336 g/mol. The predicted molar refractivity (Wildman–Crippen MR) is 86.3 cm³/mol. The number of rotatable bonds is 4. The van der Waals surface area contributed by atoms with Gasteiger partial charge in [-0.3, -0.25) is 0 Å². The number of nitrogens with one attached hydrogen (secondary N) is 1. The number of halogens is 3. The summed E-state index contributed by atoms with van der Waals surface area (Å²) >= 11 is 0. The Morgan fingerprint density at radius 3 is 2.42 bits per heavy atom. The lowest BCUT2D eigenvalue weighted by molar-refractivity contribution is -0.137. The molecule has 0 aliphatic carbocycles. The number of nitrogens with zero attached hydrogens (tertiary/aromatic N) is 1. The normalized spacial score (nSPS) is 12.5. The first-order chi connectivity index (χ1) is 11.3. The van der Waals surface area contributed by atoms with Crippen LogP contribution >= 0.6 is 0 Å². The number of alkyl halides is 3. The lowest BCUT2D eigenvalue weighted by Gasteiger charge is -2.22. The molecule has 0 saturated heterocycles. The summed E-state index contributed by atoms with van der Waals surface area (Å²) in [5.74, 6) is 0. The van der Waals surface area contributed by atoms with E-state index in [1.807, 2.05) is 30.3 Å². The Balaban J connectivity index is 2.01. The Bertz CT molecular complexity index is 686. The minimum atomic E-state index is -4.40. The molecule has 24 heavy (non-hydrogen) atoms. The van der Waals surface area contributed by atoms with Crippen molar-refractivity contribution in [2.45, 2.75) is 25.7 Å². The van der Waals surface area contributed by atoms with Crippen LogP contribution in [-0.4, -0.2) is 18.0 Å². The summed E-state index contributed by atoms with van der Waals surface area (Å²) in [4.78, 5) is 13.7. The van der Waals surface area contributed by atoms with Gasteiger partial charge in [-0.05, 0) is 30.2 Å². The Morgan fingerprint density at radius 1 is 1.12 bits per heavy atom. The van der Waals surface area contributed by atoms with E-state index in [1.165, 1.54) is 11.0 Å². The largest absolute Gasteiger partial charge is 0.416 e. The average molecular weight is 336 g/mol. The maximum atomic E-state index is 12.8. The molecule has 0 saturated carbocycles. The fourth-order valence-electron chi connectivity index (χ4n) is 2.29. The molecule has 128 valence electrons. The molecule has 0 bridgehead atoms. The SMILES string of the molecule is C[C@H](NC(=O)N(C)Cc1ccccc1)c1cccc(C(F)(F)F)c1. The molecule has 2 amide bonds. The second kappa shape index (κ2) is 7.38. The number of amides is 2. The van der Waals surface area contributed by atoms with Crippen molar-refractivity contribution in [2.24, 2.45) is 0 Å². The molecule has 0 spiro atoms. The number of hydrogen-bond acceptors (Lipinski definition) is 1. The first kappa shape index (κ1) is 17.8. The van der Waals surface area contributed by atoms with Crippen molar-refractivity contribution in [1.29, 1.82) is 0 Å². The highest BCUT2D eigenvalue weighted by Gasteiger charge is 2.30. The van der Waals surface area contributed by atoms with Crippen molar-refractivity contribution in [2.75, 3.05) is 7.05 Å². The van der Waals surface area contributed by atoms with E-state index < -0.39 is 17.8 Å². The van der Waals surface area contributed by atoms with E-state index in [1.54, 1.807) is 20.0 Å². The molecule has 0 aliphatic heterocycles. The van der Waals surface area contributed by atoms with E-state index in [0.717, 1.165) is 17.7 Å². The van der Waals surface area contributed by atoms with Gasteiger partial charge in [0.05, 0.1) is 11.6 Å². The van der Waals surface area contributed by atoms with Crippen molar-refractivity contribution in [3.63, 3.8) is 0 Å². The Labute approximate surface area is 139 Å². The van der Waals surface area contributed by atoms with Crippen LogP contribution in [0.25, 0.3) is 0 Å². The highest BCUT2D eigenvalue weighted by atomic mass is 19.4. The van der Waals surface area contributed by atoms with Gasteiger partial charge in [0.15, 0.2) is 0 Å². The van der Waals surface area contributed by atoms with Gasteiger partial charge in [-0.25, -0.2) is 4.79 Å². The van der Waals surface area contributed by atoms with Gasteiger partial charge in [0.1, 0.15) is 0 Å². The summed E-state index contributed by atoms with van der Waals surface area (Å²) in [7, 11) is 1.64. The first-order valence-corrected chi connectivity index (χ1v) is 7.50. The number of benzene rings is 2. The van der Waals surface area contributed by atoms with Gasteiger partial charge in [-0.2, -0.15) is 13.2 Å². The smallest absolute Gasteiger partial charge is 0.331 e. The second-order valence-electron chi connectivity index (χ2n) is 5.64. The zero-order valence-corrected chi connectivity index (χ0v) is 13.5. The van der Waals surface area contributed by atoms with Crippen LogP contribution in [0.15, 0.2) is 54.6 Å². The van der Waals surface area contributed by atoms with Gasteiger partial charge >= 0.3 is 12.2 Å². The molecule has 1 atom stereocenters. The topological polar surface area (TPSA) is 32.3 Å². The molecular weight excluding hydrogens is 317 g/mol. The molecule has 0 aliphatic rings. The standard InChI is InChI=1S/C18H19F3N2O/c1-13(15-9-6-10-16(11-15)18(19,20)21)22-17(24)23(2)12-14-7-4-3-5-8-14/h3-11,13H,12H2,1-2H3,(H,22,24)/t13-/m0/s1. The molecular formula is C18H19F3N2O.